The molecule has 0 atom stereocenters. The fourth-order valence-electron chi connectivity index (χ4n) is 3.51. The molecule has 12 heteroatoms. The van der Waals surface area contributed by atoms with E-state index in [9.17, 15) is 18.0 Å². The molecular weight excluding hydrogens is 524 g/mol. The molecule has 2 aromatic rings. The Morgan fingerprint density at radius 2 is 1.84 bits per heavy atom. The number of unbranched alkanes of at least 4 members (excludes halogenated alkanes) is 1. The van der Waals surface area contributed by atoms with E-state index in [4.69, 9.17) is 27.0 Å². The van der Waals surface area contributed by atoms with Crippen molar-refractivity contribution in [1.82, 2.24) is 4.98 Å². The minimum Gasteiger partial charge on any atom is -0.478 e. The van der Waals surface area contributed by atoms with E-state index in [0.29, 0.717) is 31.1 Å². The highest BCUT2D eigenvalue weighted by atomic mass is 32.1. The van der Waals surface area contributed by atoms with Crippen LogP contribution in [0.4, 0.5) is 28.9 Å². The van der Waals surface area contributed by atoms with Crippen molar-refractivity contribution in [2.45, 2.75) is 51.7 Å². The summed E-state index contributed by atoms with van der Waals surface area (Å²) in [6, 6.07) is 6.43. The molecule has 0 aliphatic carbocycles. The fourth-order valence-corrected chi connectivity index (χ4v) is 3.95. The Hall–Kier alpha value is -3.30. The van der Waals surface area contributed by atoms with Crippen molar-refractivity contribution in [3.05, 3.63) is 47.4 Å². The number of alkyl halides is 3. The van der Waals surface area contributed by atoms with Crippen molar-refractivity contribution in [1.29, 1.82) is 5.26 Å². The first-order chi connectivity index (χ1) is 17.9. The molecule has 1 aromatic heterocycles. The van der Waals surface area contributed by atoms with Crippen molar-refractivity contribution in [3.63, 3.8) is 0 Å². The maximum atomic E-state index is 15.1. The van der Waals surface area contributed by atoms with Crippen LogP contribution in [0.1, 0.15) is 51.2 Å². The molecular formula is C26H30F4N4O3S. The van der Waals surface area contributed by atoms with Gasteiger partial charge in [-0.3, -0.25) is 0 Å². The van der Waals surface area contributed by atoms with Crippen LogP contribution < -0.4 is 14.5 Å². The third kappa shape index (κ3) is 7.61. The number of nitrogens with zero attached hydrogens (tertiary/aromatic N) is 4. The number of benzene rings is 1. The highest BCUT2D eigenvalue weighted by Crippen LogP contribution is 2.38. The normalized spacial score (nSPS) is 11.6. The molecule has 0 spiro atoms. The second-order valence-corrected chi connectivity index (χ2v) is 9.27. The number of aldehydes is 1. The van der Waals surface area contributed by atoms with Crippen LogP contribution in [0.2, 0.25) is 0 Å². The predicted octanol–water partition coefficient (Wildman–Crippen LogP) is 5.90. The van der Waals surface area contributed by atoms with Crippen LogP contribution in [0.3, 0.4) is 0 Å². The molecule has 1 heterocycles. The van der Waals surface area contributed by atoms with Gasteiger partial charge in [-0.05, 0) is 63.5 Å². The number of carbonyl (C=O) groups is 1. The van der Waals surface area contributed by atoms with Gasteiger partial charge in [0.25, 0.3) is 0 Å². The van der Waals surface area contributed by atoms with Crippen molar-refractivity contribution >= 4 is 35.0 Å². The van der Waals surface area contributed by atoms with Crippen LogP contribution in [-0.4, -0.2) is 48.8 Å². The highest BCUT2D eigenvalue weighted by Gasteiger charge is 2.40. The summed E-state index contributed by atoms with van der Waals surface area (Å²) in [7, 11) is 1.27. The number of anilines is 2. The van der Waals surface area contributed by atoms with Crippen molar-refractivity contribution in [2.75, 3.05) is 36.7 Å². The first-order valence-electron chi connectivity index (χ1n) is 11.9. The Kier molecular flexibility index (Phi) is 11.0. The smallest absolute Gasteiger partial charge is 0.420 e. The third-order valence-electron chi connectivity index (χ3n) is 5.49. The minimum atomic E-state index is -5.10. The topological polar surface area (TPSA) is 78.7 Å². The Morgan fingerprint density at radius 1 is 1.16 bits per heavy atom. The Balaban J connectivity index is 2.29. The summed E-state index contributed by atoms with van der Waals surface area (Å²) in [6.45, 7) is 6.91. The van der Waals surface area contributed by atoms with Crippen LogP contribution in [0.5, 0.6) is 5.88 Å². The van der Waals surface area contributed by atoms with Gasteiger partial charge in [0.05, 0.1) is 41.4 Å². The first kappa shape index (κ1) is 30.9. The molecule has 0 fully saturated rings. The summed E-state index contributed by atoms with van der Waals surface area (Å²) in [5.74, 6) is -1.31. The Morgan fingerprint density at radius 3 is 2.39 bits per heavy atom. The first-order valence-corrected chi connectivity index (χ1v) is 12.3. The maximum absolute atomic E-state index is 15.1. The monoisotopic (exact) mass is 554 g/mol. The van der Waals surface area contributed by atoms with Crippen LogP contribution in [0.15, 0.2) is 30.5 Å². The highest BCUT2D eigenvalue weighted by molar-refractivity contribution is 7.80. The molecule has 1 aromatic carbocycles. The van der Waals surface area contributed by atoms with E-state index in [1.807, 2.05) is 6.92 Å². The molecule has 2 rings (SSSR count). The zero-order valence-electron chi connectivity index (χ0n) is 21.6. The van der Waals surface area contributed by atoms with Gasteiger partial charge < -0.3 is 24.1 Å². The lowest BCUT2D eigenvalue weighted by atomic mass is 10.0. The summed E-state index contributed by atoms with van der Waals surface area (Å²) in [4.78, 5) is 18.6. The van der Waals surface area contributed by atoms with Crippen molar-refractivity contribution in [2.24, 2.45) is 0 Å². The van der Waals surface area contributed by atoms with Gasteiger partial charge in [0.15, 0.2) is 10.9 Å². The molecule has 7 nitrogen and oxygen atoms in total. The lowest BCUT2D eigenvalue weighted by Gasteiger charge is -2.39. The number of thiocarbonyl (C=S) groups is 1. The molecule has 0 aliphatic rings. The third-order valence-corrected chi connectivity index (χ3v) is 5.95. The summed E-state index contributed by atoms with van der Waals surface area (Å²) < 4.78 is 66.6. The van der Waals surface area contributed by atoms with Crippen LogP contribution >= 0.6 is 12.2 Å². The number of ether oxygens (including phenoxy) is 2. The zero-order chi connectivity index (χ0) is 28.5. The lowest BCUT2D eigenvalue weighted by Crippen LogP contribution is -2.54. The van der Waals surface area contributed by atoms with Gasteiger partial charge in [-0.15, -0.1) is 0 Å². The average molecular weight is 555 g/mol. The van der Waals surface area contributed by atoms with Gasteiger partial charge in [0.1, 0.15) is 11.8 Å². The predicted molar refractivity (Wildman–Crippen MR) is 140 cm³/mol. The summed E-state index contributed by atoms with van der Waals surface area (Å²) in [5.41, 5.74) is -3.98. The quantitative estimate of drug-likeness (QED) is 0.139. The van der Waals surface area contributed by atoms with Crippen molar-refractivity contribution in [3.8, 4) is 11.9 Å². The van der Waals surface area contributed by atoms with E-state index in [2.05, 4.69) is 4.98 Å². The standard InChI is InChI=1S/C26H30F4N4O3S/c1-5-12-36-13-6-7-14-37-21-11-9-19(16-32-21)34(25(2,3)17-35)24(38)33(4)20-10-8-18(15-31)22(23(20)27)26(28,29)30/h8-11,16-17H,5-7,12-14H2,1-4H3. The number of hydrogen-bond acceptors (Lipinski definition) is 6. The second-order valence-electron chi connectivity index (χ2n) is 8.90. The molecule has 0 bridgehead atoms. The van der Waals surface area contributed by atoms with Gasteiger partial charge in [-0.1, -0.05) is 6.92 Å². The molecule has 0 unspecified atom stereocenters. The Bertz CT molecular complexity index is 1150. The van der Waals surface area contributed by atoms with E-state index in [1.165, 1.54) is 24.2 Å². The fraction of sp³-hybridized carbons (Fsp3) is 0.462. The van der Waals surface area contributed by atoms with E-state index in [0.717, 1.165) is 42.9 Å². The van der Waals surface area contributed by atoms with Gasteiger partial charge in [0.2, 0.25) is 5.88 Å². The number of rotatable bonds is 12. The van der Waals surface area contributed by atoms with Crippen LogP contribution in [-0.2, 0) is 15.7 Å². The van der Waals surface area contributed by atoms with E-state index >= 15 is 4.39 Å². The number of nitriles is 1. The van der Waals surface area contributed by atoms with E-state index in [-0.39, 0.29) is 5.11 Å². The van der Waals surface area contributed by atoms with Gasteiger partial charge in [0, 0.05) is 26.3 Å². The molecule has 206 valence electrons. The number of halogens is 4. The average Bonchev–Trinajstić information content (AvgIpc) is 2.87. The van der Waals surface area contributed by atoms with Crippen LogP contribution in [0.25, 0.3) is 0 Å². The van der Waals surface area contributed by atoms with Crippen molar-refractivity contribution < 1.29 is 31.8 Å². The SMILES string of the molecule is CCCOCCCCOc1ccc(N(C(=S)N(C)c2ccc(C#N)c(C(F)(F)F)c2F)C(C)(C)C=O)cn1. The molecule has 0 aliphatic heterocycles. The molecule has 0 amide bonds. The molecule has 0 saturated carbocycles. The van der Waals surface area contributed by atoms with E-state index in [1.54, 1.807) is 26.0 Å². The zero-order valence-corrected chi connectivity index (χ0v) is 22.5. The molecule has 38 heavy (non-hydrogen) atoms. The summed E-state index contributed by atoms with van der Waals surface area (Å²) in [5, 5.41) is 8.86. The van der Waals surface area contributed by atoms with Crippen LogP contribution in [0, 0.1) is 17.1 Å². The number of carbonyl (C=O) groups excluding carboxylic acids is 1. The second kappa shape index (κ2) is 13.5. The molecule has 0 N–H and O–H groups in total. The minimum absolute atomic E-state index is 0.165. The van der Waals surface area contributed by atoms with Gasteiger partial charge in [-0.25, -0.2) is 9.37 Å². The maximum Gasteiger partial charge on any atom is 0.420 e. The molecule has 0 radical (unpaired) electrons. The summed E-state index contributed by atoms with van der Waals surface area (Å²) in [6.07, 6.45) is -0.529. The lowest BCUT2D eigenvalue weighted by molar-refractivity contribution is -0.140. The van der Waals surface area contributed by atoms with E-state index < -0.39 is 34.3 Å². The number of hydrogen-bond donors (Lipinski definition) is 0. The Labute approximate surface area is 225 Å². The largest absolute Gasteiger partial charge is 0.478 e. The molecule has 0 saturated heterocycles. The number of pyridine rings is 1. The van der Waals surface area contributed by atoms with Gasteiger partial charge >= 0.3 is 6.18 Å². The van der Waals surface area contributed by atoms with Gasteiger partial charge in [-0.2, -0.15) is 18.4 Å². The number of aromatic nitrogens is 1. The summed E-state index contributed by atoms with van der Waals surface area (Å²) >= 11 is 5.51.